The van der Waals surface area contributed by atoms with Gasteiger partial charge in [0.1, 0.15) is 35.6 Å². The zero-order valence-corrected chi connectivity index (χ0v) is 18.2. The number of rotatable bonds is 8. The maximum absolute atomic E-state index is 9.18. The van der Waals surface area contributed by atoms with Crippen LogP contribution in [-0.2, 0) is 17.0 Å². The van der Waals surface area contributed by atoms with Gasteiger partial charge in [0.2, 0.25) is 0 Å². The maximum Gasteiger partial charge on any atom is 0.145 e. The molecule has 1 fully saturated rings. The predicted octanol–water partition coefficient (Wildman–Crippen LogP) is 2.82. The smallest absolute Gasteiger partial charge is 0.145 e. The lowest BCUT2D eigenvalue weighted by Gasteiger charge is -2.41. The van der Waals surface area contributed by atoms with Crippen molar-refractivity contribution in [2.75, 3.05) is 19.7 Å². The molecule has 1 aliphatic heterocycles. The Morgan fingerprint density at radius 2 is 2.07 bits per heavy atom. The topological polar surface area (TPSA) is 93.6 Å². The van der Waals surface area contributed by atoms with E-state index in [1.807, 2.05) is 33.8 Å². The molecule has 4 rings (SSSR count). The van der Waals surface area contributed by atoms with E-state index < -0.39 is 8.07 Å². The first-order valence-electron chi connectivity index (χ1n) is 9.94. The molecule has 1 N–H and O–H groups in total. The molecule has 152 valence electrons. The molecular formula is C20H27N7OSi. The fraction of sp³-hybridized carbons (Fsp3) is 0.500. The van der Waals surface area contributed by atoms with Gasteiger partial charge in [-0.3, -0.25) is 4.68 Å². The lowest BCUT2D eigenvalue weighted by Crippen LogP contribution is -2.60. The lowest BCUT2D eigenvalue weighted by atomic mass is 9.89. The van der Waals surface area contributed by atoms with E-state index in [4.69, 9.17) is 9.84 Å². The second kappa shape index (κ2) is 7.70. The summed E-state index contributed by atoms with van der Waals surface area (Å²) >= 11 is 0. The summed E-state index contributed by atoms with van der Waals surface area (Å²) in [5.41, 5.74) is 2.18. The molecule has 0 amide bonds. The monoisotopic (exact) mass is 409 g/mol. The van der Waals surface area contributed by atoms with Gasteiger partial charge in [0.25, 0.3) is 0 Å². The van der Waals surface area contributed by atoms with Crippen LogP contribution < -0.4 is 5.32 Å². The molecule has 0 atom stereocenters. The molecule has 29 heavy (non-hydrogen) atoms. The molecule has 0 spiro atoms. The molecule has 0 aliphatic carbocycles. The summed E-state index contributed by atoms with van der Waals surface area (Å²) in [5.74, 6) is 0. The Balaban J connectivity index is 1.55. The highest BCUT2D eigenvalue weighted by molar-refractivity contribution is 6.76. The molecule has 0 unspecified atom stereocenters. The van der Waals surface area contributed by atoms with E-state index in [9.17, 15) is 5.26 Å². The van der Waals surface area contributed by atoms with Gasteiger partial charge >= 0.3 is 0 Å². The summed E-state index contributed by atoms with van der Waals surface area (Å²) in [7, 11) is -1.10. The van der Waals surface area contributed by atoms with E-state index in [1.54, 1.807) is 6.33 Å². The highest BCUT2D eigenvalue weighted by Crippen LogP contribution is 2.29. The highest BCUT2D eigenvalue weighted by Gasteiger charge is 2.39. The Morgan fingerprint density at radius 1 is 1.24 bits per heavy atom. The SMILES string of the molecule is C[Si](C)(C)CCOCn1ccc2c(-c3ccn(C4(CC#N)CNC4)n3)ncnc21. The van der Waals surface area contributed by atoms with Crippen LogP contribution >= 0.6 is 0 Å². The third kappa shape index (κ3) is 3.96. The van der Waals surface area contributed by atoms with Crippen molar-refractivity contribution in [1.82, 2.24) is 29.6 Å². The van der Waals surface area contributed by atoms with E-state index in [1.165, 1.54) is 0 Å². The van der Waals surface area contributed by atoms with Crippen molar-refractivity contribution in [2.24, 2.45) is 0 Å². The summed E-state index contributed by atoms with van der Waals surface area (Å²) in [6.07, 6.45) is 5.94. The molecule has 0 aromatic carbocycles. The molecule has 3 aromatic rings. The van der Waals surface area contributed by atoms with Crippen molar-refractivity contribution in [2.45, 2.75) is 44.4 Å². The molecule has 1 saturated heterocycles. The second-order valence-corrected chi connectivity index (χ2v) is 14.5. The summed E-state index contributed by atoms with van der Waals surface area (Å²) in [6, 6.07) is 7.40. The Kier molecular flexibility index (Phi) is 5.25. The van der Waals surface area contributed by atoms with Gasteiger partial charge in [-0.05, 0) is 18.2 Å². The van der Waals surface area contributed by atoms with E-state index in [0.717, 1.165) is 48.2 Å². The highest BCUT2D eigenvalue weighted by atomic mass is 28.3. The van der Waals surface area contributed by atoms with Crippen LogP contribution in [0.3, 0.4) is 0 Å². The number of nitriles is 1. The maximum atomic E-state index is 9.18. The Bertz CT molecular complexity index is 1040. The van der Waals surface area contributed by atoms with Crippen LogP contribution in [0.15, 0.2) is 30.9 Å². The van der Waals surface area contributed by atoms with Crippen molar-refractivity contribution in [1.29, 1.82) is 5.26 Å². The van der Waals surface area contributed by atoms with Crippen LogP contribution in [0, 0.1) is 11.3 Å². The first-order chi connectivity index (χ1) is 13.9. The fourth-order valence-electron chi connectivity index (χ4n) is 3.50. The van der Waals surface area contributed by atoms with Gasteiger partial charge in [-0.1, -0.05) is 19.6 Å². The summed E-state index contributed by atoms with van der Waals surface area (Å²) < 4.78 is 9.80. The number of aromatic nitrogens is 5. The quantitative estimate of drug-likeness (QED) is 0.454. The van der Waals surface area contributed by atoms with Crippen LogP contribution in [0.5, 0.6) is 0 Å². The van der Waals surface area contributed by atoms with Gasteiger partial charge in [0.15, 0.2) is 0 Å². The first kappa shape index (κ1) is 19.8. The van der Waals surface area contributed by atoms with Crippen LogP contribution in [0.4, 0.5) is 0 Å². The van der Waals surface area contributed by atoms with Crippen molar-refractivity contribution < 1.29 is 4.74 Å². The molecule has 4 heterocycles. The molecule has 0 saturated carbocycles. The fourth-order valence-corrected chi connectivity index (χ4v) is 4.25. The normalized spacial score (nSPS) is 15.9. The predicted molar refractivity (Wildman–Crippen MR) is 114 cm³/mol. The first-order valence-corrected chi connectivity index (χ1v) is 13.6. The minimum atomic E-state index is -1.10. The second-order valence-electron chi connectivity index (χ2n) is 8.90. The van der Waals surface area contributed by atoms with Gasteiger partial charge in [-0.2, -0.15) is 10.4 Å². The summed E-state index contributed by atoms with van der Waals surface area (Å²) in [5, 5.41) is 18.1. The van der Waals surface area contributed by atoms with Gasteiger partial charge in [-0.25, -0.2) is 9.97 Å². The van der Waals surface area contributed by atoms with E-state index in [-0.39, 0.29) is 5.54 Å². The number of hydrogen-bond acceptors (Lipinski definition) is 6. The Morgan fingerprint density at radius 3 is 2.76 bits per heavy atom. The van der Waals surface area contributed by atoms with Crippen LogP contribution in [0.2, 0.25) is 25.7 Å². The van der Waals surface area contributed by atoms with Crippen LogP contribution in [0.1, 0.15) is 6.42 Å². The summed E-state index contributed by atoms with van der Waals surface area (Å²) in [6.45, 7) is 9.81. The molecular weight excluding hydrogens is 382 g/mol. The molecule has 8 nitrogen and oxygen atoms in total. The van der Waals surface area contributed by atoms with Gasteiger partial charge in [-0.15, -0.1) is 0 Å². The van der Waals surface area contributed by atoms with Crippen LogP contribution in [-0.4, -0.2) is 52.1 Å². The van der Waals surface area contributed by atoms with Gasteiger partial charge in [0.05, 0.1) is 12.5 Å². The minimum Gasteiger partial charge on any atom is -0.361 e. The lowest BCUT2D eigenvalue weighted by molar-refractivity contribution is 0.0899. The average molecular weight is 410 g/mol. The molecule has 3 aromatic heterocycles. The van der Waals surface area contributed by atoms with E-state index in [0.29, 0.717) is 13.2 Å². The van der Waals surface area contributed by atoms with Gasteiger partial charge < -0.3 is 14.6 Å². The van der Waals surface area contributed by atoms with Crippen molar-refractivity contribution >= 4 is 19.1 Å². The summed E-state index contributed by atoms with van der Waals surface area (Å²) in [4.78, 5) is 8.95. The number of fused-ring (bicyclic) bond motifs is 1. The van der Waals surface area contributed by atoms with Crippen molar-refractivity contribution in [3.63, 3.8) is 0 Å². The van der Waals surface area contributed by atoms with Gasteiger partial charge in [0, 0.05) is 45.6 Å². The van der Waals surface area contributed by atoms with E-state index in [2.05, 4.69) is 41.0 Å². The third-order valence-electron chi connectivity index (χ3n) is 5.42. The number of hydrogen-bond donors (Lipinski definition) is 1. The van der Waals surface area contributed by atoms with Crippen LogP contribution in [0.25, 0.3) is 22.4 Å². The molecule has 9 heteroatoms. The van der Waals surface area contributed by atoms with Crippen molar-refractivity contribution in [3.8, 4) is 17.5 Å². The zero-order valence-electron chi connectivity index (χ0n) is 17.2. The molecule has 0 radical (unpaired) electrons. The number of nitrogens with zero attached hydrogens (tertiary/aromatic N) is 6. The van der Waals surface area contributed by atoms with E-state index >= 15 is 0 Å². The van der Waals surface area contributed by atoms with Crippen molar-refractivity contribution in [3.05, 3.63) is 30.9 Å². The average Bonchev–Trinajstić information content (AvgIpc) is 3.28. The zero-order chi connectivity index (χ0) is 20.5. The molecule has 1 aliphatic rings. The largest absolute Gasteiger partial charge is 0.361 e. The Hall–Kier alpha value is -2.54. The molecule has 0 bridgehead atoms. The number of ether oxygens (including phenoxy) is 1. The Labute approximate surface area is 171 Å². The third-order valence-corrected chi connectivity index (χ3v) is 7.12. The minimum absolute atomic E-state index is 0.255. The standard InChI is InChI=1S/C20H27N7OSi/c1-29(2,3)11-10-28-15-26-8-4-16-18(23-14-24-19(16)26)17-5-9-27(25-17)20(6-7-21)12-22-13-20/h4-5,8-9,14,22H,6,10-13,15H2,1-3H3. The number of nitrogens with one attached hydrogen (secondary N) is 1.